The van der Waals surface area contributed by atoms with Crippen LogP contribution in [0.5, 0.6) is 11.5 Å². The Balaban J connectivity index is 1.37. The fourth-order valence-electron chi connectivity index (χ4n) is 4.25. The lowest BCUT2D eigenvalue weighted by atomic mass is 10.1. The molecule has 3 aromatic rings. The summed E-state index contributed by atoms with van der Waals surface area (Å²) in [5.74, 6) is -0.157. The van der Waals surface area contributed by atoms with E-state index in [2.05, 4.69) is 10.2 Å². The molecule has 1 atom stereocenters. The second-order valence-corrected chi connectivity index (χ2v) is 9.27. The number of methoxy groups -OCH3 is 2. The van der Waals surface area contributed by atoms with E-state index in [1.54, 1.807) is 42.3 Å². The van der Waals surface area contributed by atoms with Crippen molar-refractivity contribution in [3.8, 4) is 11.5 Å². The van der Waals surface area contributed by atoms with Crippen molar-refractivity contribution in [3.05, 3.63) is 88.4 Å². The van der Waals surface area contributed by atoms with Crippen LogP contribution in [0, 0.1) is 11.6 Å². The number of piperazine rings is 1. The van der Waals surface area contributed by atoms with Crippen molar-refractivity contribution >= 4 is 23.3 Å². The first-order chi connectivity index (χ1) is 18.4. The Morgan fingerprint density at radius 2 is 1.66 bits per heavy atom. The van der Waals surface area contributed by atoms with Crippen molar-refractivity contribution in [2.45, 2.75) is 12.7 Å². The maximum Gasteiger partial charge on any atom is 0.322 e. The van der Waals surface area contributed by atoms with E-state index in [0.29, 0.717) is 54.9 Å². The van der Waals surface area contributed by atoms with Gasteiger partial charge in [-0.1, -0.05) is 29.8 Å². The largest absolute Gasteiger partial charge is 0.497 e. The minimum Gasteiger partial charge on any atom is -0.497 e. The molecule has 4 rings (SSSR count). The highest BCUT2D eigenvalue weighted by Gasteiger charge is 2.25. The topological polar surface area (TPSA) is 63.3 Å². The second kappa shape index (κ2) is 12.9. The highest BCUT2D eigenvalue weighted by atomic mass is 35.5. The lowest BCUT2D eigenvalue weighted by Gasteiger charge is -2.36. The zero-order valence-corrected chi connectivity index (χ0v) is 22.0. The molecule has 0 unspecified atom stereocenters. The fourth-order valence-corrected chi connectivity index (χ4v) is 4.38. The van der Waals surface area contributed by atoms with Crippen LogP contribution in [0.3, 0.4) is 0 Å². The average molecular weight is 546 g/mol. The van der Waals surface area contributed by atoms with Crippen molar-refractivity contribution in [2.24, 2.45) is 0 Å². The van der Waals surface area contributed by atoms with Crippen LogP contribution < -0.4 is 14.8 Å². The molecule has 202 valence electrons. The van der Waals surface area contributed by atoms with Crippen molar-refractivity contribution in [1.29, 1.82) is 0 Å². The zero-order chi connectivity index (χ0) is 27.1. The smallest absolute Gasteiger partial charge is 0.322 e. The number of amides is 2. The van der Waals surface area contributed by atoms with Gasteiger partial charge in [0.15, 0.2) is 0 Å². The van der Waals surface area contributed by atoms with Gasteiger partial charge in [-0.2, -0.15) is 0 Å². The van der Waals surface area contributed by atoms with Gasteiger partial charge in [0, 0.05) is 49.4 Å². The number of halogens is 3. The number of hydrogen-bond acceptors (Lipinski definition) is 5. The fraction of sp³-hybridized carbons (Fsp3) is 0.321. The summed E-state index contributed by atoms with van der Waals surface area (Å²) in [6, 6.07) is 15.9. The molecule has 1 aliphatic heterocycles. The van der Waals surface area contributed by atoms with Gasteiger partial charge < -0.3 is 24.4 Å². The molecule has 0 aromatic heterocycles. The number of nitrogens with zero attached hydrogens (tertiary/aromatic N) is 2. The Morgan fingerprint density at radius 1 is 0.974 bits per heavy atom. The maximum absolute atomic E-state index is 14.2. The first-order valence-corrected chi connectivity index (χ1v) is 12.6. The first-order valence-electron chi connectivity index (χ1n) is 12.2. The van der Waals surface area contributed by atoms with Gasteiger partial charge in [-0.05, 0) is 42.0 Å². The summed E-state index contributed by atoms with van der Waals surface area (Å²) in [5, 5.41) is 3.48. The third-order valence-electron chi connectivity index (χ3n) is 6.47. The molecule has 1 N–H and O–H groups in total. The minimum absolute atomic E-state index is 0.109. The number of hydrogen-bond donors (Lipinski definition) is 1. The molecule has 0 spiro atoms. The van der Waals surface area contributed by atoms with E-state index in [4.69, 9.17) is 25.8 Å². The summed E-state index contributed by atoms with van der Waals surface area (Å²) in [7, 11) is 3.09. The molecular weight excluding hydrogens is 516 g/mol. The molecular formula is C28H30ClF2N3O4. The van der Waals surface area contributed by atoms with Gasteiger partial charge in [0.1, 0.15) is 23.1 Å². The Hall–Kier alpha value is -3.40. The maximum atomic E-state index is 14.2. The molecule has 1 aliphatic rings. The monoisotopic (exact) mass is 545 g/mol. The molecule has 1 fully saturated rings. The van der Waals surface area contributed by atoms with Crippen molar-refractivity contribution in [3.63, 3.8) is 0 Å². The van der Waals surface area contributed by atoms with Gasteiger partial charge in [-0.15, -0.1) is 0 Å². The van der Waals surface area contributed by atoms with Crippen LogP contribution in [0.1, 0.15) is 17.2 Å². The number of carbonyl (C=O) groups excluding carboxylic acids is 1. The Morgan fingerprint density at radius 3 is 2.29 bits per heavy atom. The zero-order valence-electron chi connectivity index (χ0n) is 21.3. The van der Waals surface area contributed by atoms with Crippen LogP contribution in [0.25, 0.3) is 0 Å². The Labute approximate surface area is 225 Å². The number of anilines is 1. The van der Waals surface area contributed by atoms with Gasteiger partial charge in [-0.25, -0.2) is 13.6 Å². The van der Waals surface area contributed by atoms with Crippen LogP contribution in [0.15, 0.2) is 60.7 Å². The van der Waals surface area contributed by atoms with E-state index in [-0.39, 0.29) is 18.2 Å². The lowest BCUT2D eigenvalue weighted by molar-refractivity contribution is 0.00376. The van der Waals surface area contributed by atoms with Crippen LogP contribution in [-0.2, 0) is 11.3 Å². The van der Waals surface area contributed by atoms with E-state index < -0.39 is 17.7 Å². The molecule has 0 bridgehead atoms. The van der Waals surface area contributed by atoms with E-state index in [0.717, 1.165) is 5.56 Å². The van der Waals surface area contributed by atoms with Gasteiger partial charge in [0.25, 0.3) is 0 Å². The lowest BCUT2D eigenvalue weighted by Crippen LogP contribution is -2.50. The van der Waals surface area contributed by atoms with Crippen molar-refractivity contribution in [2.75, 3.05) is 52.3 Å². The van der Waals surface area contributed by atoms with Gasteiger partial charge in [0.2, 0.25) is 0 Å². The normalized spacial score (nSPS) is 14.7. The quantitative estimate of drug-likeness (QED) is 0.371. The first kappa shape index (κ1) is 27.6. The Kier molecular flexibility index (Phi) is 9.38. The summed E-state index contributed by atoms with van der Waals surface area (Å²) in [5.41, 5.74) is 1.29. The molecule has 0 saturated carbocycles. The summed E-state index contributed by atoms with van der Waals surface area (Å²) < 4.78 is 44.9. The van der Waals surface area contributed by atoms with E-state index >= 15 is 0 Å². The van der Waals surface area contributed by atoms with Crippen LogP contribution >= 0.6 is 11.6 Å². The van der Waals surface area contributed by atoms with Gasteiger partial charge >= 0.3 is 6.03 Å². The average Bonchev–Trinajstić information content (AvgIpc) is 2.93. The van der Waals surface area contributed by atoms with E-state index in [9.17, 15) is 13.6 Å². The number of nitrogens with one attached hydrogen (secondary N) is 1. The third kappa shape index (κ3) is 6.92. The molecule has 10 heteroatoms. The van der Waals surface area contributed by atoms with Crippen LogP contribution in [-0.4, -0.2) is 62.8 Å². The summed E-state index contributed by atoms with van der Waals surface area (Å²) >= 11 is 6.05. The molecule has 38 heavy (non-hydrogen) atoms. The van der Waals surface area contributed by atoms with Crippen molar-refractivity contribution in [1.82, 2.24) is 9.80 Å². The molecule has 1 saturated heterocycles. The summed E-state index contributed by atoms with van der Waals surface area (Å²) in [6.45, 7) is 2.49. The molecule has 0 aliphatic carbocycles. The minimum atomic E-state index is -0.645. The van der Waals surface area contributed by atoms with Gasteiger partial charge in [-0.3, -0.25) is 4.90 Å². The molecule has 3 aromatic carbocycles. The Bertz CT molecular complexity index is 1220. The van der Waals surface area contributed by atoms with Crippen LogP contribution in [0.4, 0.5) is 19.3 Å². The number of benzene rings is 3. The summed E-state index contributed by atoms with van der Waals surface area (Å²) in [4.78, 5) is 16.8. The molecule has 0 radical (unpaired) electrons. The standard InChI is InChI=1S/C28H30ClF2N3O4/c1-36-21-10-11-25(26(16-21)37-2)32-28(35)34-14-12-33(13-15-34)17-27(19-6-8-20(29)9-7-19)38-18-22-23(30)4-3-5-24(22)31/h3-11,16,27H,12-15,17-18H2,1-2H3,(H,32,35)/t27-/m1/s1. The number of urea groups is 1. The van der Waals surface area contributed by atoms with E-state index in [1.165, 1.54) is 25.3 Å². The highest BCUT2D eigenvalue weighted by molar-refractivity contribution is 6.30. The molecule has 7 nitrogen and oxygen atoms in total. The molecule has 1 heterocycles. The van der Waals surface area contributed by atoms with E-state index in [1.807, 2.05) is 12.1 Å². The predicted molar refractivity (Wildman–Crippen MR) is 142 cm³/mol. The number of rotatable bonds is 9. The predicted octanol–water partition coefficient (Wildman–Crippen LogP) is 5.74. The van der Waals surface area contributed by atoms with Gasteiger partial charge in [0.05, 0.1) is 32.6 Å². The van der Waals surface area contributed by atoms with Crippen molar-refractivity contribution < 1.29 is 27.8 Å². The van der Waals surface area contributed by atoms with Crippen LogP contribution in [0.2, 0.25) is 5.02 Å². The highest BCUT2D eigenvalue weighted by Crippen LogP contribution is 2.29. The SMILES string of the molecule is COc1ccc(NC(=O)N2CCN(C[C@@H](OCc3c(F)cccc3F)c3ccc(Cl)cc3)CC2)c(OC)c1. The summed E-state index contributed by atoms with van der Waals surface area (Å²) in [6.07, 6.45) is -0.449. The molecule has 2 amide bonds. The second-order valence-electron chi connectivity index (χ2n) is 8.84. The number of ether oxygens (including phenoxy) is 3. The number of carbonyl (C=O) groups is 1. The third-order valence-corrected chi connectivity index (χ3v) is 6.72.